The van der Waals surface area contributed by atoms with Gasteiger partial charge in [-0.1, -0.05) is 77.4 Å². The van der Waals surface area contributed by atoms with E-state index in [0.29, 0.717) is 26.1 Å². The van der Waals surface area contributed by atoms with Crippen LogP contribution in [0.4, 0.5) is 13.9 Å². The first-order valence-electron chi connectivity index (χ1n) is 9.39. The number of halogens is 2. The van der Waals surface area contributed by atoms with E-state index in [9.17, 15) is 18.4 Å². The van der Waals surface area contributed by atoms with Crippen LogP contribution in [-0.4, -0.2) is 37.8 Å². The molecule has 4 rings (SSSR count). The molecule has 0 saturated carbocycles. The van der Waals surface area contributed by atoms with Crippen molar-refractivity contribution >= 4 is 74.4 Å². The average Bonchev–Trinajstić information content (AvgIpc) is 3.34. The molecule has 0 bridgehead atoms. The van der Waals surface area contributed by atoms with Crippen LogP contribution in [0, 0.1) is 11.6 Å². The van der Waals surface area contributed by atoms with Gasteiger partial charge in [0.15, 0.2) is 4.34 Å². The predicted molar refractivity (Wildman–Crippen MR) is 131 cm³/mol. The van der Waals surface area contributed by atoms with Crippen molar-refractivity contribution in [3.8, 4) is 0 Å². The Morgan fingerprint density at radius 1 is 1.15 bits per heavy atom. The summed E-state index contributed by atoms with van der Waals surface area (Å²) in [4.78, 5) is 26.6. The fourth-order valence-corrected chi connectivity index (χ4v) is 5.73. The first-order chi connectivity index (χ1) is 15.9. The number of hydrogen-bond donors (Lipinski definition) is 1. The van der Waals surface area contributed by atoms with Crippen molar-refractivity contribution in [2.75, 3.05) is 11.9 Å². The number of benzene rings is 2. The standard InChI is InChI=1S/C21H14F2N4O2S4/c22-14-7-5-12(6-8-14)9-16-18(29)27(21(30)32-16)10-17(28)24-19-25-26-20(33-19)31-11-13-3-1-2-4-15(13)23/h1-9H,10-11H2,(H,24,25,28)/b16-9-. The number of thioether (sulfide) groups is 2. The Hall–Kier alpha value is -2.67. The molecule has 33 heavy (non-hydrogen) atoms. The largest absolute Gasteiger partial charge is 0.299 e. The lowest BCUT2D eigenvalue weighted by Gasteiger charge is -2.13. The van der Waals surface area contributed by atoms with E-state index in [1.54, 1.807) is 36.4 Å². The molecule has 0 radical (unpaired) electrons. The van der Waals surface area contributed by atoms with E-state index in [4.69, 9.17) is 12.2 Å². The van der Waals surface area contributed by atoms with Gasteiger partial charge in [0.2, 0.25) is 11.0 Å². The van der Waals surface area contributed by atoms with Crippen molar-refractivity contribution in [3.05, 3.63) is 76.2 Å². The fraction of sp³-hybridized carbons (Fsp3) is 0.0952. The van der Waals surface area contributed by atoms with E-state index in [1.807, 2.05) is 0 Å². The Bertz CT molecular complexity index is 1250. The molecule has 1 fully saturated rings. The smallest absolute Gasteiger partial charge is 0.266 e. The molecule has 0 aliphatic carbocycles. The number of anilines is 1. The van der Waals surface area contributed by atoms with Crippen molar-refractivity contribution in [1.82, 2.24) is 15.1 Å². The molecule has 0 unspecified atom stereocenters. The first kappa shape index (κ1) is 23.5. The van der Waals surface area contributed by atoms with Crippen LogP contribution in [0.15, 0.2) is 57.8 Å². The number of rotatable bonds is 7. The van der Waals surface area contributed by atoms with Crippen LogP contribution < -0.4 is 5.32 Å². The zero-order valence-corrected chi connectivity index (χ0v) is 19.9. The highest BCUT2D eigenvalue weighted by molar-refractivity contribution is 8.26. The molecule has 168 valence electrons. The van der Waals surface area contributed by atoms with Gasteiger partial charge in [-0.25, -0.2) is 8.78 Å². The molecule has 2 heterocycles. The van der Waals surface area contributed by atoms with Gasteiger partial charge >= 0.3 is 0 Å². The van der Waals surface area contributed by atoms with E-state index in [-0.39, 0.29) is 27.6 Å². The molecule has 1 saturated heterocycles. The molecule has 12 heteroatoms. The number of aromatic nitrogens is 2. The van der Waals surface area contributed by atoms with Gasteiger partial charge in [-0.15, -0.1) is 10.2 Å². The zero-order chi connectivity index (χ0) is 23.4. The second kappa shape index (κ2) is 10.5. The summed E-state index contributed by atoms with van der Waals surface area (Å²) in [6.45, 7) is -0.275. The van der Waals surface area contributed by atoms with E-state index >= 15 is 0 Å². The summed E-state index contributed by atoms with van der Waals surface area (Å²) in [5.41, 5.74) is 1.20. The molecule has 1 N–H and O–H groups in total. The van der Waals surface area contributed by atoms with Crippen molar-refractivity contribution in [1.29, 1.82) is 0 Å². The quantitative estimate of drug-likeness (QED) is 0.205. The van der Waals surface area contributed by atoms with Crippen LogP contribution in [0.25, 0.3) is 6.08 Å². The fourth-order valence-electron chi connectivity index (χ4n) is 2.72. The SMILES string of the molecule is O=C(CN1C(=O)/C(=C/c2ccc(F)cc2)SC1=S)Nc1nnc(SCc2ccccc2F)s1. The summed E-state index contributed by atoms with van der Waals surface area (Å²) in [6.07, 6.45) is 1.60. The number of thiocarbonyl (C=S) groups is 1. The highest BCUT2D eigenvalue weighted by atomic mass is 32.2. The summed E-state index contributed by atoms with van der Waals surface area (Å²) in [5, 5.41) is 10.8. The third-order valence-corrected chi connectivity index (χ3v) is 7.70. The minimum absolute atomic E-state index is 0.252. The highest BCUT2D eigenvalue weighted by Gasteiger charge is 2.33. The molecule has 1 aliphatic heterocycles. The van der Waals surface area contributed by atoms with Gasteiger partial charge in [0.05, 0.1) is 4.91 Å². The molecule has 2 amide bonds. The Labute approximate surface area is 205 Å². The minimum atomic E-state index is -0.476. The lowest BCUT2D eigenvalue weighted by atomic mass is 10.2. The average molecular weight is 521 g/mol. The molecule has 1 aromatic heterocycles. The van der Waals surface area contributed by atoms with Crippen LogP contribution in [0.2, 0.25) is 0 Å². The van der Waals surface area contributed by atoms with E-state index in [0.717, 1.165) is 23.1 Å². The Morgan fingerprint density at radius 2 is 1.91 bits per heavy atom. The number of amides is 2. The van der Waals surface area contributed by atoms with Gasteiger partial charge < -0.3 is 0 Å². The first-order valence-corrected chi connectivity index (χ1v) is 12.4. The van der Waals surface area contributed by atoms with Gasteiger partial charge in [0, 0.05) is 5.75 Å². The van der Waals surface area contributed by atoms with Gasteiger partial charge in [-0.05, 0) is 35.4 Å². The monoisotopic (exact) mass is 520 g/mol. The topological polar surface area (TPSA) is 75.2 Å². The molecule has 0 atom stereocenters. The molecule has 3 aromatic rings. The third-order valence-electron chi connectivity index (χ3n) is 4.30. The minimum Gasteiger partial charge on any atom is -0.299 e. The van der Waals surface area contributed by atoms with Crippen LogP contribution in [-0.2, 0) is 15.3 Å². The maximum absolute atomic E-state index is 13.7. The van der Waals surface area contributed by atoms with Gasteiger partial charge in [0.1, 0.15) is 22.5 Å². The predicted octanol–water partition coefficient (Wildman–Crippen LogP) is 4.95. The number of nitrogens with one attached hydrogen (secondary N) is 1. The van der Waals surface area contributed by atoms with Gasteiger partial charge in [-0.3, -0.25) is 19.8 Å². The summed E-state index contributed by atoms with van der Waals surface area (Å²) >= 11 is 8.77. The molecule has 1 aliphatic rings. The molecule has 2 aromatic carbocycles. The third kappa shape index (κ3) is 6.02. The molecule has 0 spiro atoms. The van der Waals surface area contributed by atoms with Gasteiger partial charge in [-0.2, -0.15) is 0 Å². The number of carbonyl (C=O) groups excluding carboxylic acids is 2. The summed E-state index contributed by atoms with van der Waals surface area (Å²) in [6, 6.07) is 12.2. The summed E-state index contributed by atoms with van der Waals surface area (Å²) in [5.74, 6) is -1.16. The normalized spacial score (nSPS) is 14.8. The maximum Gasteiger partial charge on any atom is 0.266 e. The zero-order valence-electron chi connectivity index (χ0n) is 16.7. The highest BCUT2D eigenvalue weighted by Crippen LogP contribution is 2.33. The Morgan fingerprint density at radius 3 is 2.67 bits per heavy atom. The van der Waals surface area contributed by atoms with Crippen molar-refractivity contribution in [2.24, 2.45) is 0 Å². The van der Waals surface area contributed by atoms with Gasteiger partial charge in [0.25, 0.3) is 5.91 Å². The Balaban J connectivity index is 1.33. The van der Waals surface area contributed by atoms with Crippen LogP contribution in [0.5, 0.6) is 0 Å². The van der Waals surface area contributed by atoms with E-state index in [1.165, 1.54) is 34.9 Å². The second-order valence-electron chi connectivity index (χ2n) is 6.62. The second-order valence-corrected chi connectivity index (χ2v) is 10.5. The lowest BCUT2D eigenvalue weighted by molar-refractivity contribution is -0.126. The Kier molecular flexibility index (Phi) is 7.48. The van der Waals surface area contributed by atoms with Crippen molar-refractivity contribution < 1.29 is 18.4 Å². The van der Waals surface area contributed by atoms with Crippen LogP contribution in [0.1, 0.15) is 11.1 Å². The lowest BCUT2D eigenvalue weighted by Crippen LogP contribution is -2.36. The number of carbonyl (C=O) groups is 2. The van der Waals surface area contributed by atoms with E-state index < -0.39 is 11.8 Å². The van der Waals surface area contributed by atoms with Crippen molar-refractivity contribution in [3.63, 3.8) is 0 Å². The van der Waals surface area contributed by atoms with Crippen LogP contribution in [0.3, 0.4) is 0 Å². The maximum atomic E-state index is 13.7. The summed E-state index contributed by atoms with van der Waals surface area (Å²) < 4.78 is 27.6. The number of hydrogen-bond acceptors (Lipinski definition) is 8. The molecule has 6 nitrogen and oxygen atoms in total. The molecular weight excluding hydrogens is 507 g/mol. The van der Waals surface area contributed by atoms with Crippen molar-refractivity contribution in [2.45, 2.75) is 10.1 Å². The number of nitrogens with zero attached hydrogens (tertiary/aromatic N) is 3. The summed E-state index contributed by atoms with van der Waals surface area (Å²) in [7, 11) is 0. The van der Waals surface area contributed by atoms with E-state index in [2.05, 4.69) is 15.5 Å². The van der Waals surface area contributed by atoms with Crippen LogP contribution >= 0.6 is 47.1 Å². The molecular formula is C21H14F2N4O2S4.